The topological polar surface area (TPSA) is 39.1 Å². The van der Waals surface area contributed by atoms with Gasteiger partial charge in [-0.15, -0.1) is 0 Å². The standard InChI is InChI=1S/C8H14ClN3O/c1-4-12-7(5-10-13-3)8(9)6(2)11-12/h10H,4-5H2,1-3H3. The van der Waals surface area contributed by atoms with Crippen LogP contribution >= 0.6 is 11.6 Å². The maximum atomic E-state index is 6.05. The third-order valence-corrected chi connectivity index (χ3v) is 2.33. The average molecular weight is 204 g/mol. The molecule has 0 radical (unpaired) electrons. The molecule has 0 aliphatic carbocycles. The number of hydroxylamine groups is 1. The summed E-state index contributed by atoms with van der Waals surface area (Å²) in [6.45, 7) is 5.31. The molecule has 1 aromatic rings. The van der Waals surface area contributed by atoms with Crippen molar-refractivity contribution >= 4 is 11.6 Å². The van der Waals surface area contributed by atoms with Crippen LogP contribution in [0.3, 0.4) is 0 Å². The summed E-state index contributed by atoms with van der Waals surface area (Å²) in [6, 6.07) is 0. The second-order valence-corrected chi connectivity index (χ2v) is 3.07. The molecule has 1 heterocycles. The predicted octanol–water partition coefficient (Wildman–Crippen LogP) is 1.52. The van der Waals surface area contributed by atoms with Gasteiger partial charge in [-0.1, -0.05) is 11.6 Å². The fourth-order valence-electron chi connectivity index (χ4n) is 1.18. The van der Waals surface area contributed by atoms with Crippen LogP contribution in [-0.2, 0) is 17.9 Å². The molecule has 0 bridgehead atoms. The number of aromatic nitrogens is 2. The zero-order chi connectivity index (χ0) is 9.84. The normalized spacial score (nSPS) is 10.8. The summed E-state index contributed by atoms with van der Waals surface area (Å²) in [5, 5.41) is 4.98. The Kier molecular flexibility index (Phi) is 3.71. The minimum atomic E-state index is 0.573. The van der Waals surface area contributed by atoms with Crippen molar-refractivity contribution in [2.45, 2.75) is 26.9 Å². The smallest absolute Gasteiger partial charge is 0.0861 e. The largest absolute Gasteiger partial charge is 0.305 e. The lowest BCUT2D eigenvalue weighted by molar-refractivity contribution is 0.0848. The summed E-state index contributed by atoms with van der Waals surface area (Å²) in [6.07, 6.45) is 0. The lowest BCUT2D eigenvalue weighted by Gasteiger charge is -2.04. The van der Waals surface area contributed by atoms with Crippen LogP contribution in [0.5, 0.6) is 0 Å². The van der Waals surface area contributed by atoms with E-state index in [1.165, 1.54) is 0 Å². The van der Waals surface area contributed by atoms with Crippen LogP contribution in [0.2, 0.25) is 5.02 Å². The zero-order valence-corrected chi connectivity index (χ0v) is 8.85. The van der Waals surface area contributed by atoms with Crippen molar-refractivity contribution in [2.75, 3.05) is 7.11 Å². The molecule has 13 heavy (non-hydrogen) atoms. The number of rotatable bonds is 4. The molecule has 1 rings (SSSR count). The van der Waals surface area contributed by atoms with E-state index >= 15 is 0 Å². The predicted molar refractivity (Wildman–Crippen MR) is 51.5 cm³/mol. The molecular formula is C8H14ClN3O. The first kappa shape index (κ1) is 10.5. The zero-order valence-electron chi connectivity index (χ0n) is 8.09. The molecule has 0 atom stereocenters. The molecule has 0 aromatic carbocycles. The molecule has 0 fully saturated rings. The van der Waals surface area contributed by atoms with Crippen molar-refractivity contribution in [2.24, 2.45) is 0 Å². The van der Waals surface area contributed by atoms with E-state index in [-0.39, 0.29) is 0 Å². The van der Waals surface area contributed by atoms with Crippen LogP contribution in [0, 0.1) is 6.92 Å². The van der Waals surface area contributed by atoms with Gasteiger partial charge in [-0.05, 0) is 13.8 Å². The van der Waals surface area contributed by atoms with E-state index in [1.54, 1.807) is 7.11 Å². The summed E-state index contributed by atoms with van der Waals surface area (Å²) in [7, 11) is 1.58. The van der Waals surface area contributed by atoms with Gasteiger partial charge < -0.3 is 4.84 Å². The number of aryl methyl sites for hydroxylation is 2. The van der Waals surface area contributed by atoms with E-state index in [0.29, 0.717) is 11.6 Å². The van der Waals surface area contributed by atoms with E-state index < -0.39 is 0 Å². The third kappa shape index (κ3) is 2.21. The molecule has 0 saturated carbocycles. The molecule has 0 aliphatic heterocycles. The van der Waals surface area contributed by atoms with Crippen molar-refractivity contribution in [3.8, 4) is 0 Å². The van der Waals surface area contributed by atoms with Gasteiger partial charge in [0.1, 0.15) is 0 Å². The summed E-state index contributed by atoms with van der Waals surface area (Å²) >= 11 is 6.05. The Morgan fingerprint density at radius 3 is 2.85 bits per heavy atom. The highest BCUT2D eigenvalue weighted by Gasteiger charge is 2.11. The van der Waals surface area contributed by atoms with Gasteiger partial charge in [0.15, 0.2) is 0 Å². The van der Waals surface area contributed by atoms with Gasteiger partial charge in [0, 0.05) is 6.54 Å². The Labute approximate surface area is 82.8 Å². The SMILES string of the molecule is CCn1nc(C)c(Cl)c1CNOC. The van der Waals surface area contributed by atoms with Crippen LogP contribution < -0.4 is 5.48 Å². The number of halogens is 1. The minimum Gasteiger partial charge on any atom is -0.305 e. The van der Waals surface area contributed by atoms with Gasteiger partial charge in [-0.2, -0.15) is 10.6 Å². The van der Waals surface area contributed by atoms with Gasteiger partial charge in [-0.25, -0.2) is 0 Å². The molecule has 0 unspecified atom stereocenters. The van der Waals surface area contributed by atoms with Gasteiger partial charge in [0.05, 0.1) is 30.1 Å². The van der Waals surface area contributed by atoms with E-state index in [9.17, 15) is 0 Å². The maximum absolute atomic E-state index is 6.05. The Morgan fingerprint density at radius 2 is 2.31 bits per heavy atom. The van der Waals surface area contributed by atoms with Crippen molar-refractivity contribution in [1.82, 2.24) is 15.3 Å². The maximum Gasteiger partial charge on any atom is 0.0861 e. The summed E-state index contributed by atoms with van der Waals surface area (Å²) < 4.78 is 1.86. The summed E-state index contributed by atoms with van der Waals surface area (Å²) in [4.78, 5) is 4.76. The highest BCUT2D eigenvalue weighted by molar-refractivity contribution is 6.31. The Bertz CT molecular complexity index is 285. The lowest BCUT2D eigenvalue weighted by atomic mass is 10.3. The van der Waals surface area contributed by atoms with Crippen LogP contribution in [0.4, 0.5) is 0 Å². The van der Waals surface area contributed by atoms with Crippen molar-refractivity contribution < 1.29 is 4.84 Å². The highest BCUT2D eigenvalue weighted by Crippen LogP contribution is 2.19. The van der Waals surface area contributed by atoms with Gasteiger partial charge in [0.25, 0.3) is 0 Å². The van der Waals surface area contributed by atoms with Gasteiger partial charge in [-0.3, -0.25) is 4.68 Å². The Balaban J connectivity index is 2.88. The van der Waals surface area contributed by atoms with E-state index in [0.717, 1.165) is 17.9 Å². The fraction of sp³-hybridized carbons (Fsp3) is 0.625. The molecule has 5 heteroatoms. The number of hydrogen-bond acceptors (Lipinski definition) is 3. The van der Waals surface area contributed by atoms with Crippen molar-refractivity contribution in [3.05, 3.63) is 16.4 Å². The van der Waals surface area contributed by atoms with Crippen molar-refractivity contribution in [1.29, 1.82) is 0 Å². The average Bonchev–Trinajstić information content (AvgIpc) is 2.40. The minimum absolute atomic E-state index is 0.573. The third-order valence-electron chi connectivity index (χ3n) is 1.84. The molecule has 74 valence electrons. The first-order valence-electron chi connectivity index (χ1n) is 4.18. The lowest BCUT2D eigenvalue weighted by Crippen LogP contribution is -2.15. The van der Waals surface area contributed by atoms with E-state index in [1.807, 2.05) is 18.5 Å². The second-order valence-electron chi connectivity index (χ2n) is 2.69. The number of nitrogens with one attached hydrogen (secondary N) is 1. The number of nitrogens with zero attached hydrogens (tertiary/aromatic N) is 2. The summed E-state index contributed by atoms with van der Waals surface area (Å²) in [5.41, 5.74) is 4.57. The van der Waals surface area contributed by atoms with E-state index in [2.05, 4.69) is 10.6 Å². The second kappa shape index (κ2) is 4.60. The molecule has 1 N–H and O–H groups in total. The fourth-order valence-corrected chi connectivity index (χ4v) is 1.38. The molecule has 4 nitrogen and oxygen atoms in total. The molecule has 0 amide bonds. The molecule has 0 saturated heterocycles. The van der Waals surface area contributed by atoms with Gasteiger partial charge in [0.2, 0.25) is 0 Å². The van der Waals surface area contributed by atoms with E-state index in [4.69, 9.17) is 16.4 Å². The first-order chi connectivity index (χ1) is 6.20. The van der Waals surface area contributed by atoms with Crippen LogP contribution in [0.15, 0.2) is 0 Å². The molecular weight excluding hydrogens is 190 g/mol. The number of hydrogen-bond donors (Lipinski definition) is 1. The summed E-state index contributed by atoms with van der Waals surface area (Å²) in [5.74, 6) is 0. The van der Waals surface area contributed by atoms with Crippen molar-refractivity contribution in [3.63, 3.8) is 0 Å². The first-order valence-corrected chi connectivity index (χ1v) is 4.56. The van der Waals surface area contributed by atoms with Crippen LogP contribution in [-0.4, -0.2) is 16.9 Å². The molecule has 0 aliphatic rings. The molecule has 1 aromatic heterocycles. The van der Waals surface area contributed by atoms with Crippen LogP contribution in [0.1, 0.15) is 18.3 Å². The monoisotopic (exact) mass is 203 g/mol. The molecule has 0 spiro atoms. The quantitative estimate of drug-likeness (QED) is 0.755. The van der Waals surface area contributed by atoms with Gasteiger partial charge >= 0.3 is 0 Å². The highest BCUT2D eigenvalue weighted by atomic mass is 35.5. The Morgan fingerprint density at radius 1 is 1.62 bits per heavy atom. The Hall–Kier alpha value is -0.580. The van der Waals surface area contributed by atoms with Crippen LogP contribution in [0.25, 0.3) is 0 Å².